The van der Waals surface area contributed by atoms with Crippen LogP contribution < -0.4 is 0 Å². The van der Waals surface area contributed by atoms with Crippen molar-refractivity contribution in [3.63, 3.8) is 0 Å². The highest BCUT2D eigenvalue weighted by Crippen LogP contribution is 2.33. The molecule has 2 aromatic rings. The SMILES string of the molecule is C[C@H]([C@](O)(Cn1cncn1)c1cc(F)ccc1F)S(C)(=O)=O. The summed E-state index contributed by atoms with van der Waals surface area (Å²) in [6.07, 6.45) is 3.35. The summed E-state index contributed by atoms with van der Waals surface area (Å²) in [6, 6.07) is 2.51. The van der Waals surface area contributed by atoms with Crippen molar-refractivity contribution in [1.82, 2.24) is 14.8 Å². The second-order valence-corrected chi connectivity index (χ2v) is 7.48. The van der Waals surface area contributed by atoms with Gasteiger partial charge in [0, 0.05) is 11.8 Å². The smallest absolute Gasteiger partial charge is 0.153 e. The van der Waals surface area contributed by atoms with Gasteiger partial charge in [-0.3, -0.25) is 0 Å². The lowest BCUT2D eigenvalue weighted by Gasteiger charge is -2.33. The van der Waals surface area contributed by atoms with Crippen LogP contribution in [0.1, 0.15) is 12.5 Å². The summed E-state index contributed by atoms with van der Waals surface area (Å²) in [5, 5.41) is 13.3. The zero-order chi connectivity index (χ0) is 16.5. The zero-order valence-corrected chi connectivity index (χ0v) is 12.8. The fraction of sp³-hybridized carbons (Fsp3) is 0.385. The van der Waals surface area contributed by atoms with Gasteiger partial charge in [-0.1, -0.05) is 0 Å². The van der Waals surface area contributed by atoms with Gasteiger partial charge < -0.3 is 5.11 Å². The van der Waals surface area contributed by atoms with Gasteiger partial charge in [-0.2, -0.15) is 5.10 Å². The number of hydrogen-bond acceptors (Lipinski definition) is 5. The van der Waals surface area contributed by atoms with Crippen LogP contribution in [0.4, 0.5) is 8.78 Å². The fourth-order valence-electron chi connectivity index (χ4n) is 2.18. The lowest BCUT2D eigenvalue weighted by atomic mass is 9.90. The molecule has 0 saturated carbocycles. The minimum Gasteiger partial charge on any atom is -0.382 e. The van der Waals surface area contributed by atoms with Gasteiger partial charge in [-0.05, 0) is 25.1 Å². The molecule has 0 aliphatic rings. The Morgan fingerprint density at radius 2 is 2.09 bits per heavy atom. The molecule has 2 atom stereocenters. The first kappa shape index (κ1) is 16.5. The van der Waals surface area contributed by atoms with Crippen molar-refractivity contribution in [1.29, 1.82) is 0 Å². The van der Waals surface area contributed by atoms with Crippen LogP contribution in [0.2, 0.25) is 0 Å². The Kier molecular flexibility index (Phi) is 4.30. The zero-order valence-electron chi connectivity index (χ0n) is 11.9. The van der Waals surface area contributed by atoms with Crippen LogP contribution in [0.25, 0.3) is 0 Å². The summed E-state index contributed by atoms with van der Waals surface area (Å²) in [4.78, 5) is 3.68. The molecular formula is C13H15F2N3O3S. The van der Waals surface area contributed by atoms with Crippen LogP contribution in [0.3, 0.4) is 0 Å². The summed E-state index contributed by atoms with van der Waals surface area (Å²) in [5.41, 5.74) is -2.64. The van der Waals surface area contributed by atoms with E-state index in [9.17, 15) is 22.3 Å². The molecule has 9 heteroatoms. The van der Waals surface area contributed by atoms with Gasteiger partial charge in [0.05, 0.1) is 11.8 Å². The summed E-state index contributed by atoms with van der Waals surface area (Å²) in [5.74, 6) is -1.69. The molecule has 0 amide bonds. The van der Waals surface area contributed by atoms with E-state index in [-0.39, 0.29) is 6.54 Å². The highest BCUT2D eigenvalue weighted by Gasteiger charge is 2.44. The molecule has 120 valence electrons. The third kappa shape index (κ3) is 3.14. The Labute approximate surface area is 126 Å². The minimum atomic E-state index is -3.74. The van der Waals surface area contributed by atoms with Crippen LogP contribution in [0.5, 0.6) is 0 Å². The standard InChI is InChI=1S/C13H15F2N3O3S/c1-9(22(2,20)21)13(19,6-18-8-16-7-17-18)11-5-10(14)3-4-12(11)15/h3-5,7-9,19H,6H2,1-2H3/t9-,13-/m1/s1. The third-order valence-electron chi connectivity index (χ3n) is 3.58. The molecule has 0 radical (unpaired) electrons. The first-order valence-electron chi connectivity index (χ1n) is 6.34. The fourth-order valence-corrected chi connectivity index (χ4v) is 3.09. The summed E-state index contributed by atoms with van der Waals surface area (Å²) in [7, 11) is -3.74. The van der Waals surface area contributed by atoms with Crippen molar-refractivity contribution in [3.8, 4) is 0 Å². The Morgan fingerprint density at radius 1 is 1.41 bits per heavy atom. The van der Waals surface area contributed by atoms with E-state index in [1.807, 2.05) is 0 Å². The van der Waals surface area contributed by atoms with E-state index in [2.05, 4.69) is 10.1 Å². The van der Waals surface area contributed by atoms with Crippen molar-refractivity contribution in [2.75, 3.05) is 6.26 Å². The number of sulfone groups is 1. The molecule has 0 bridgehead atoms. The lowest BCUT2D eigenvalue weighted by molar-refractivity contribution is 0.0109. The number of rotatable bonds is 5. The van der Waals surface area contributed by atoms with Crippen LogP contribution in [0.15, 0.2) is 30.9 Å². The van der Waals surface area contributed by atoms with Gasteiger partial charge in [0.15, 0.2) is 9.84 Å². The topological polar surface area (TPSA) is 85.1 Å². The van der Waals surface area contributed by atoms with Crippen LogP contribution in [-0.2, 0) is 22.0 Å². The first-order chi connectivity index (χ1) is 10.1. The second-order valence-electron chi connectivity index (χ2n) is 5.11. The molecule has 22 heavy (non-hydrogen) atoms. The molecule has 6 nitrogen and oxygen atoms in total. The number of hydrogen-bond donors (Lipinski definition) is 1. The summed E-state index contributed by atoms with van der Waals surface area (Å²) in [6.45, 7) is 0.845. The highest BCUT2D eigenvalue weighted by atomic mass is 32.2. The number of halogens is 2. The maximum Gasteiger partial charge on any atom is 0.153 e. The van der Waals surface area contributed by atoms with E-state index < -0.39 is 37.9 Å². The number of nitrogens with zero attached hydrogens (tertiary/aromatic N) is 3. The Balaban J connectivity index is 2.61. The molecule has 0 fully saturated rings. The normalized spacial score (nSPS) is 16.2. The van der Waals surface area contributed by atoms with E-state index >= 15 is 0 Å². The van der Waals surface area contributed by atoms with Crippen LogP contribution >= 0.6 is 0 Å². The van der Waals surface area contributed by atoms with Gasteiger partial charge in [-0.15, -0.1) is 0 Å². The maximum absolute atomic E-state index is 14.1. The quantitative estimate of drug-likeness (QED) is 0.879. The molecule has 0 spiro atoms. The molecule has 0 aliphatic heterocycles. The average molecular weight is 331 g/mol. The predicted molar refractivity (Wildman–Crippen MR) is 74.6 cm³/mol. The van der Waals surface area contributed by atoms with Crippen LogP contribution in [-0.4, -0.2) is 39.8 Å². The molecule has 1 heterocycles. The maximum atomic E-state index is 14.1. The molecule has 1 N–H and O–H groups in total. The Morgan fingerprint density at radius 3 is 2.64 bits per heavy atom. The second kappa shape index (κ2) is 5.73. The molecule has 2 rings (SSSR count). The highest BCUT2D eigenvalue weighted by molar-refractivity contribution is 7.91. The molecule has 0 saturated heterocycles. The van der Waals surface area contributed by atoms with Gasteiger partial charge in [-0.25, -0.2) is 26.9 Å². The Hall–Kier alpha value is -1.87. The van der Waals surface area contributed by atoms with Gasteiger partial charge in [0.25, 0.3) is 0 Å². The monoisotopic (exact) mass is 331 g/mol. The minimum absolute atomic E-state index is 0.387. The van der Waals surface area contributed by atoms with E-state index in [4.69, 9.17) is 0 Å². The largest absolute Gasteiger partial charge is 0.382 e. The number of benzene rings is 1. The van der Waals surface area contributed by atoms with Gasteiger partial charge >= 0.3 is 0 Å². The van der Waals surface area contributed by atoms with E-state index in [1.54, 1.807) is 0 Å². The van der Waals surface area contributed by atoms with Crippen molar-refractivity contribution >= 4 is 9.84 Å². The molecule has 0 aliphatic carbocycles. The average Bonchev–Trinajstić information content (AvgIpc) is 2.92. The summed E-state index contributed by atoms with van der Waals surface area (Å²) < 4.78 is 52.4. The number of aromatic nitrogens is 3. The summed E-state index contributed by atoms with van der Waals surface area (Å²) >= 11 is 0. The van der Waals surface area contributed by atoms with Gasteiger partial charge in [0.1, 0.15) is 29.9 Å². The van der Waals surface area contributed by atoms with Gasteiger partial charge in [0.2, 0.25) is 0 Å². The number of aliphatic hydroxyl groups is 1. The van der Waals surface area contributed by atoms with Crippen LogP contribution in [0, 0.1) is 11.6 Å². The van der Waals surface area contributed by atoms with E-state index in [0.29, 0.717) is 0 Å². The lowest BCUT2D eigenvalue weighted by Crippen LogP contribution is -2.46. The van der Waals surface area contributed by atoms with Crippen molar-refractivity contribution in [2.24, 2.45) is 0 Å². The van der Waals surface area contributed by atoms with Crippen molar-refractivity contribution in [3.05, 3.63) is 48.1 Å². The van der Waals surface area contributed by atoms with E-state index in [1.165, 1.54) is 19.6 Å². The third-order valence-corrected chi connectivity index (χ3v) is 5.25. The molecule has 1 aromatic carbocycles. The predicted octanol–water partition coefficient (Wildman–Crippen LogP) is 0.877. The molecular weight excluding hydrogens is 316 g/mol. The van der Waals surface area contributed by atoms with Crippen molar-refractivity contribution in [2.45, 2.75) is 24.3 Å². The van der Waals surface area contributed by atoms with E-state index in [0.717, 1.165) is 29.1 Å². The Bertz CT molecular complexity index is 765. The molecule has 0 unspecified atom stereocenters. The first-order valence-corrected chi connectivity index (χ1v) is 8.29. The molecule has 1 aromatic heterocycles. The van der Waals surface area contributed by atoms with Crippen molar-refractivity contribution < 1.29 is 22.3 Å².